The maximum Gasteiger partial charge on any atom is 0.0790 e. The quantitative estimate of drug-likeness (QED) is 0.705. The van der Waals surface area contributed by atoms with Gasteiger partial charge in [-0.05, 0) is 47.9 Å². The minimum absolute atomic E-state index is 0.458. The van der Waals surface area contributed by atoms with Gasteiger partial charge in [0.2, 0.25) is 0 Å². The van der Waals surface area contributed by atoms with E-state index in [0.717, 1.165) is 27.7 Å². The smallest absolute Gasteiger partial charge is 0.0790 e. The second kappa shape index (κ2) is 6.95. The van der Waals surface area contributed by atoms with Crippen molar-refractivity contribution in [1.29, 1.82) is 0 Å². The molecule has 0 saturated heterocycles. The van der Waals surface area contributed by atoms with E-state index in [2.05, 4.69) is 11.9 Å². The van der Waals surface area contributed by atoms with Crippen molar-refractivity contribution in [2.45, 2.75) is 12.5 Å². The lowest BCUT2D eigenvalue weighted by atomic mass is 10.0. The van der Waals surface area contributed by atoms with Crippen LogP contribution in [0.1, 0.15) is 29.3 Å². The maximum absolute atomic E-state index is 9.87. The van der Waals surface area contributed by atoms with Crippen LogP contribution < -0.4 is 0 Å². The summed E-state index contributed by atoms with van der Waals surface area (Å²) < 4.78 is 0. The summed E-state index contributed by atoms with van der Waals surface area (Å²) in [6.45, 7) is 3.73. The molecular formula is C20H17ClNO. The predicted molar refractivity (Wildman–Crippen MR) is 97.1 cm³/mol. The second-order valence-corrected chi connectivity index (χ2v) is 5.82. The summed E-state index contributed by atoms with van der Waals surface area (Å²) in [4.78, 5) is 4.59. The van der Waals surface area contributed by atoms with Crippen molar-refractivity contribution in [2.75, 3.05) is 0 Å². The molecule has 0 amide bonds. The molecule has 3 rings (SSSR count). The Morgan fingerprint density at radius 1 is 1.09 bits per heavy atom. The molecule has 0 unspecified atom stereocenters. The van der Waals surface area contributed by atoms with Crippen molar-refractivity contribution in [2.24, 2.45) is 0 Å². The number of halogens is 1. The highest BCUT2D eigenvalue weighted by Gasteiger charge is 2.04. The molecule has 0 spiro atoms. The summed E-state index contributed by atoms with van der Waals surface area (Å²) in [6.07, 6.45) is 3.87. The number of rotatable bonds is 4. The number of benzene rings is 2. The first kappa shape index (κ1) is 15.7. The molecule has 3 heteroatoms. The van der Waals surface area contributed by atoms with Gasteiger partial charge in [0.05, 0.1) is 17.3 Å². The molecule has 1 radical (unpaired) electrons. The van der Waals surface area contributed by atoms with Gasteiger partial charge in [-0.1, -0.05) is 54.9 Å². The van der Waals surface area contributed by atoms with E-state index in [0.29, 0.717) is 11.4 Å². The molecule has 0 bridgehead atoms. The highest BCUT2D eigenvalue weighted by Crippen LogP contribution is 2.20. The fourth-order valence-electron chi connectivity index (χ4n) is 2.42. The van der Waals surface area contributed by atoms with Crippen molar-refractivity contribution < 1.29 is 5.11 Å². The third-order valence-corrected chi connectivity index (χ3v) is 3.93. The zero-order chi connectivity index (χ0) is 16.2. The van der Waals surface area contributed by atoms with Crippen LogP contribution in [0, 0.1) is 6.92 Å². The molecule has 3 aromatic rings. The SMILES string of the molecule is [CH2]C[C@@H](O)c1cccc(C=Cc2ccc3ccc(Cl)cc3n2)c1. The van der Waals surface area contributed by atoms with E-state index in [-0.39, 0.29) is 0 Å². The Morgan fingerprint density at radius 3 is 2.74 bits per heavy atom. The number of pyridine rings is 1. The number of aliphatic hydroxyl groups excluding tert-OH is 1. The van der Waals surface area contributed by atoms with Crippen molar-refractivity contribution in [3.8, 4) is 0 Å². The van der Waals surface area contributed by atoms with Crippen molar-refractivity contribution >= 4 is 34.7 Å². The van der Waals surface area contributed by atoms with E-state index in [1.54, 1.807) is 0 Å². The first-order valence-corrected chi connectivity index (χ1v) is 7.85. The van der Waals surface area contributed by atoms with Crippen LogP contribution in [-0.4, -0.2) is 10.1 Å². The number of aromatic nitrogens is 1. The minimum Gasteiger partial charge on any atom is -0.388 e. The first-order chi connectivity index (χ1) is 11.2. The number of aliphatic hydroxyl groups is 1. The fourth-order valence-corrected chi connectivity index (χ4v) is 2.58. The van der Waals surface area contributed by atoms with Gasteiger partial charge in [0, 0.05) is 10.4 Å². The molecule has 115 valence electrons. The molecule has 1 atom stereocenters. The molecule has 1 heterocycles. The number of hydrogen-bond donors (Lipinski definition) is 1. The molecule has 2 aromatic carbocycles. The van der Waals surface area contributed by atoms with Gasteiger partial charge in [0.1, 0.15) is 0 Å². The van der Waals surface area contributed by atoms with Crippen LogP contribution in [0.5, 0.6) is 0 Å². The Balaban J connectivity index is 1.87. The van der Waals surface area contributed by atoms with Gasteiger partial charge in [-0.15, -0.1) is 0 Å². The van der Waals surface area contributed by atoms with Crippen LogP contribution in [0.2, 0.25) is 5.02 Å². The van der Waals surface area contributed by atoms with Crippen LogP contribution >= 0.6 is 11.6 Å². The van der Waals surface area contributed by atoms with Gasteiger partial charge in [-0.25, -0.2) is 4.98 Å². The lowest BCUT2D eigenvalue weighted by molar-refractivity contribution is 0.181. The molecule has 0 fully saturated rings. The number of nitrogens with zero attached hydrogens (tertiary/aromatic N) is 1. The zero-order valence-electron chi connectivity index (χ0n) is 12.6. The molecule has 2 nitrogen and oxygen atoms in total. The van der Waals surface area contributed by atoms with E-state index in [1.165, 1.54) is 0 Å². The number of hydrogen-bond acceptors (Lipinski definition) is 2. The summed E-state index contributed by atoms with van der Waals surface area (Å²) in [5.74, 6) is 0. The molecule has 0 aliphatic heterocycles. The third kappa shape index (κ3) is 3.79. The van der Waals surface area contributed by atoms with E-state index < -0.39 is 6.10 Å². The normalized spacial score (nSPS) is 12.8. The lowest BCUT2D eigenvalue weighted by Crippen LogP contribution is -1.94. The lowest BCUT2D eigenvalue weighted by Gasteiger charge is -2.08. The van der Waals surface area contributed by atoms with E-state index in [1.807, 2.05) is 66.7 Å². The monoisotopic (exact) mass is 322 g/mol. The summed E-state index contributed by atoms with van der Waals surface area (Å²) >= 11 is 6.02. The highest BCUT2D eigenvalue weighted by atomic mass is 35.5. The van der Waals surface area contributed by atoms with Crippen LogP contribution in [0.4, 0.5) is 0 Å². The molecule has 0 saturated carbocycles. The molecule has 23 heavy (non-hydrogen) atoms. The van der Waals surface area contributed by atoms with Crippen LogP contribution in [0.15, 0.2) is 54.6 Å². The maximum atomic E-state index is 9.87. The summed E-state index contributed by atoms with van der Waals surface area (Å²) in [6, 6.07) is 17.5. The average molecular weight is 323 g/mol. The Morgan fingerprint density at radius 2 is 1.91 bits per heavy atom. The average Bonchev–Trinajstić information content (AvgIpc) is 2.59. The first-order valence-electron chi connectivity index (χ1n) is 7.47. The Hall–Kier alpha value is -2.16. The minimum atomic E-state index is -0.524. The third-order valence-electron chi connectivity index (χ3n) is 3.69. The molecule has 1 aromatic heterocycles. The molecule has 1 N–H and O–H groups in total. The second-order valence-electron chi connectivity index (χ2n) is 5.38. The van der Waals surface area contributed by atoms with Crippen LogP contribution in [-0.2, 0) is 0 Å². The molecule has 0 aliphatic carbocycles. The van der Waals surface area contributed by atoms with Crippen molar-refractivity contribution in [3.05, 3.63) is 83.4 Å². The Kier molecular flexibility index (Phi) is 4.75. The van der Waals surface area contributed by atoms with Crippen molar-refractivity contribution in [3.63, 3.8) is 0 Å². The van der Waals surface area contributed by atoms with Crippen molar-refractivity contribution in [1.82, 2.24) is 4.98 Å². The summed E-state index contributed by atoms with van der Waals surface area (Å²) in [5.41, 5.74) is 3.63. The van der Waals surface area contributed by atoms with Gasteiger partial charge in [0.25, 0.3) is 0 Å². The summed E-state index contributed by atoms with van der Waals surface area (Å²) in [7, 11) is 0. The van der Waals surface area contributed by atoms with Gasteiger partial charge in [0.15, 0.2) is 0 Å². The fraction of sp³-hybridized carbons (Fsp3) is 0.100. The Labute approximate surface area is 141 Å². The predicted octanol–water partition coefficient (Wildman–Crippen LogP) is 5.32. The largest absolute Gasteiger partial charge is 0.388 e. The van der Waals surface area contributed by atoms with Crippen LogP contribution in [0.3, 0.4) is 0 Å². The number of fused-ring (bicyclic) bond motifs is 1. The molecular weight excluding hydrogens is 306 g/mol. The van der Waals surface area contributed by atoms with Crippen LogP contribution in [0.25, 0.3) is 23.1 Å². The van der Waals surface area contributed by atoms with E-state index in [4.69, 9.17) is 11.6 Å². The summed E-state index contributed by atoms with van der Waals surface area (Å²) in [5, 5.41) is 11.6. The van der Waals surface area contributed by atoms with Gasteiger partial charge >= 0.3 is 0 Å². The molecule has 0 aliphatic rings. The van der Waals surface area contributed by atoms with E-state index in [9.17, 15) is 5.11 Å². The Bertz CT molecular complexity index is 857. The van der Waals surface area contributed by atoms with Gasteiger partial charge in [-0.3, -0.25) is 0 Å². The standard InChI is InChI=1S/C20H17ClNO/c1-2-20(23)16-5-3-4-14(12-16)6-10-18-11-8-15-7-9-17(21)13-19(15)22-18/h3-13,20,23H,1-2H2/t20-/m1/s1. The van der Waals surface area contributed by atoms with E-state index >= 15 is 0 Å². The van der Waals surface area contributed by atoms with Gasteiger partial charge < -0.3 is 5.11 Å². The topological polar surface area (TPSA) is 33.1 Å². The van der Waals surface area contributed by atoms with Gasteiger partial charge in [-0.2, -0.15) is 0 Å². The highest BCUT2D eigenvalue weighted by molar-refractivity contribution is 6.31. The zero-order valence-corrected chi connectivity index (χ0v) is 13.4.